The quantitative estimate of drug-likeness (QED) is 0.155. The summed E-state index contributed by atoms with van der Waals surface area (Å²) in [5.74, 6) is 1.55. The molecular weight excluding hydrogens is 506 g/mol. The maximum Gasteiger partial charge on any atom is 0.323 e. The number of nitrogens with one attached hydrogen (secondary N) is 2. The lowest BCUT2D eigenvalue weighted by molar-refractivity contribution is 0.262. The van der Waals surface area contributed by atoms with Gasteiger partial charge in [0.1, 0.15) is 17.1 Å². The van der Waals surface area contributed by atoms with Gasteiger partial charge in [-0.05, 0) is 81.5 Å². The van der Waals surface area contributed by atoms with Crippen LogP contribution >= 0.6 is 0 Å². The van der Waals surface area contributed by atoms with Crippen molar-refractivity contribution >= 4 is 39.3 Å². The summed E-state index contributed by atoms with van der Waals surface area (Å²) in [6, 6.07) is 24.7. The van der Waals surface area contributed by atoms with Gasteiger partial charge in [-0.2, -0.15) is 0 Å². The highest BCUT2D eigenvalue weighted by atomic mass is 16.5. The summed E-state index contributed by atoms with van der Waals surface area (Å²) in [6.07, 6.45) is 0.847. The molecule has 2 N–H and O–H groups in total. The van der Waals surface area contributed by atoms with Crippen molar-refractivity contribution in [3.63, 3.8) is 0 Å². The first kappa shape index (κ1) is 26.8. The van der Waals surface area contributed by atoms with Gasteiger partial charge in [-0.1, -0.05) is 24.3 Å². The Morgan fingerprint density at radius 2 is 1.60 bits per heavy atom. The van der Waals surface area contributed by atoms with E-state index >= 15 is 0 Å². The van der Waals surface area contributed by atoms with Crippen LogP contribution in [-0.2, 0) is 0 Å². The van der Waals surface area contributed by atoms with Crippen LogP contribution in [0.5, 0.6) is 17.2 Å². The van der Waals surface area contributed by atoms with Crippen LogP contribution in [0, 0.1) is 6.92 Å². The van der Waals surface area contributed by atoms with E-state index in [-0.39, 0.29) is 11.5 Å². The molecule has 0 aliphatic rings. The number of para-hydroxylation sites is 1. The Labute approximate surface area is 232 Å². The first-order valence-corrected chi connectivity index (χ1v) is 13.1. The van der Waals surface area contributed by atoms with Crippen molar-refractivity contribution in [3.8, 4) is 17.2 Å². The van der Waals surface area contributed by atoms with Gasteiger partial charge >= 0.3 is 6.03 Å². The van der Waals surface area contributed by atoms with E-state index in [0.717, 1.165) is 18.5 Å². The molecule has 8 heteroatoms. The maximum absolute atomic E-state index is 13.4. The number of ether oxygens (including phenoxy) is 2. The average molecular weight is 538 g/mol. The van der Waals surface area contributed by atoms with E-state index in [2.05, 4.69) is 15.5 Å². The molecule has 0 unspecified atom stereocenters. The molecule has 2 amide bonds. The Hall–Kier alpha value is -4.82. The molecule has 0 fully saturated rings. The third-order valence-corrected chi connectivity index (χ3v) is 6.22. The molecule has 0 spiro atoms. The molecular formula is C32H31N3O5. The molecule has 0 atom stereocenters. The van der Waals surface area contributed by atoms with Crippen molar-refractivity contribution in [2.45, 2.75) is 13.3 Å². The molecule has 0 aliphatic carbocycles. The first-order chi connectivity index (χ1) is 19.4. The van der Waals surface area contributed by atoms with E-state index in [0.29, 0.717) is 57.2 Å². The summed E-state index contributed by atoms with van der Waals surface area (Å²) in [5, 5.41) is 6.53. The number of nitrogens with zero attached hydrogens (tertiary/aromatic N) is 1. The zero-order chi connectivity index (χ0) is 28.1. The normalized spacial score (nSPS) is 11.1. The van der Waals surface area contributed by atoms with Crippen molar-refractivity contribution in [1.82, 2.24) is 4.90 Å². The van der Waals surface area contributed by atoms with Crippen LogP contribution in [0.3, 0.4) is 0 Å². The lowest BCUT2D eigenvalue weighted by Gasteiger charge is -2.13. The molecule has 5 aromatic rings. The van der Waals surface area contributed by atoms with Gasteiger partial charge in [0, 0.05) is 30.1 Å². The number of hydrogen-bond donors (Lipinski definition) is 2. The maximum atomic E-state index is 13.4. The second-order valence-corrected chi connectivity index (χ2v) is 9.81. The van der Waals surface area contributed by atoms with E-state index in [4.69, 9.17) is 13.9 Å². The summed E-state index contributed by atoms with van der Waals surface area (Å²) in [4.78, 5) is 27.8. The zero-order valence-corrected chi connectivity index (χ0v) is 22.7. The van der Waals surface area contributed by atoms with Gasteiger partial charge in [0.05, 0.1) is 17.4 Å². The van der Waals surface area contributed by atoms with Gasteiger partial charge in [-0.3, -0.25) is 4.79 Å². The average Bonchev–Trinajstić information content (AvgIpc) is 2.92. The number of aryl methyl sites for hydroxylation is 1. The minimum absolute atomic E-state index is 0.125. The molecule has 1 aromatic heterocycles. The highest BCUT2D eigenvalue weighted by molar-refractivity contribution is 5.99. The number of anilines is 2. The van der Waals surface area contributed by atoms with Crippen molar-refractivity contribution in [3.05, 3.63) is 101 Å². The second-order valence-electron chi connectivity index (χ2n) is 9.81. The zero-order valence-electron chi connectivity index (χ0n) is 22.7. The summed E-state index contributed by atoms with van der Waals surface area (Å²) < 4.78 is 18.3. The van der Waals surface area contributed by atoms with Crippen molar-refractivity contribution < 1.29 is 18.7 Å². The lowest BCUT2D eigenvalue weighted by atomic mass is 10.1. The Kier molecular flexibility index (Phi) is 7.98. The van der Waals surface area contributed by atoms with Crippen molar-refractivity contribution in [2.75, 3.05) is 37.9 Å². The smallest absolute Gasteiger partial charge is 0.323 e. The van der Waals surface area contributed by atoms with Crippen LogP contribution in [-0.4, -0.2) is 38.2 Å². The number of carbonyl (C=O) groups excluding carboxylic acids is 1. The Balaban J connectivity index is 1.37. The summed E-state index contributed by atoms with van der Waals surface area (Å²) in [6.45, 7) is 3.34. The standard InChI is InChI=1S/C32H31N3O5/c1-21-17-27-30(36)26-14-13-25(20-28(26)40-31(27)29(18-21)38-16-8-15-35(2)3)39-24-12-7-11-23(19-24)34-32(37)33-22-9-5-4-6-10-22/h4-7,9-14,17-20H,8,15-16H2,1-3H3,(H2,33,34,37). The van der Waals surface area contributed by atoms with Crippen molar-refractivity contribution in [2.24, 2.45) is 0 Å². The molecule has 5 rings (SSSR count). The molecule has 0 radical (unpaired) electrons. The predicted molar refractivity (Wildman–Crippen MR) is 159 cm³/mol. The first-order valence-electron chi connectivity index (χ1n) is 13.1. The van der Waals surface area contributed by atoms with E-state index in [1.54, 1.807) is 42.5 Å². The largest absolute Gasteiger partial charge is 0.490 e. The van der Waals surface area contributed by atoms with Gasteiger partial charge < -0.3 is 29.4 Å². The lowest BCUT2D eigenvalue weighted by Crippen LogP contribution is -2.19. The van der Waals surface area contributed by atoms with Gasteiger partial charge in [0.15, 0.2) is 11.3 Å². The van der Waals surface area contributed by atoms with Crippen LogP contribution in [0.2, 0.25) is 0 Å². The van der Waals surface area contributed by atoms with Gasteiger partial charge in [-0.25, -0.2) is 4.79 Å². The molecule has 0 aliphatic heterocycles. The highest BCUT2D eigenvalue weighted by Gasteiger charge is 2.15. The second kappa shape index (κ2) is 11.9. The molecule has 0 saturated heterocycles. The number of fused-ring (bicyclic) bond motifs is 2. The summed E-state index contributed by atoms with van der Waals surface area (Å²) in [7, 11) is 4.03. The van der Waals surface area contributed by atoms with Crippen LogP contribution in [0.1, 0.15) is 12.0 Å². The molecule has 40 heavy (non-hydrogen) atoms. The molecule has 204 valence electrons. The number of benzene rings is 4. The number of carbonyl (C=O) groups is 1. The number of amides is 2. The highest BCUT2D eigenvalue weighted by Crippen LogP contribution is 2.32. The Morgan fingerprint density at radius 1 is 0.850 bits per heavy atom. The minimum atomic E-state index is -0.363. The third-order valence-electron chi connectivity index (χ3n) is 6.22. The summed E-state index contributed by atoms with van der Waals surface area (Å²) in [5.41, 5.74) is 2.87. The fourth-order valence-electron chi connectivity index (χ4n) is 4.37. The van der Waals surface area contributed by atoms with E-state index in [9.17, 15) is 9.59 Å². The SMILES string of the molecule is Cc1cc(OCCCN(C)C)c2oc3cc(Oc4cccc(NC(=O)Nc5ccccc5)c4)ccc3c(=O)c2c1. The van der Waals surface area contributed by atoms with E-state index in [1.807, 2.05) is 63.5 Å². The van der Waals surface area contributed by atoms with E-state index in [1.165, 1.54) is 0 Å². The predicted octanol–water partition coefficient (Wildman–Crippen LogP) is 7.02. The summed E-state index contributed by atoms with van der Waals surface area (Å²) >= 11 is 0. The Morgan fingerprint density at radius 3 is 2.40 bits per heavy atom. The molecule has 8 nitrogen and oxygen atoms in total. The van der Waals surface area contributed by atoms with Gasteiger partial charge in [-0.15, -0.1) is 0 Å². The number of hydrogen-bond acceptors (Lipinski definition) is 6. The van der Waals surface area contributed by atoms with Crippen LogP contribution in [0.25, 0.3) is 21.9 Å². The molecule has 0 bridgehead atoms. The molecule has 4 aromatic carbocycles. The third kappa shape index (κ3) is 6.42. The fraction of sp³-hybridized carbons (Fsp3) is 0.188. The topological polar surface area (TPSA) is 93.0 Å². The van der Waals surface area contributed by atoms with Crippen LogP contribution in [0.15, 0.2) is 94.1 Å². The molecule has 0 saturated carbocycles. The van der Waals surface area contributed by atoms with Gasteiger partial charge in [0.25, 0.3) is 0 Å². The van der Waals surface area contributed by atoms with E-state index < -0.39 is 0 Å². The van der Waals surface area contributed by atoms with Crippen LogP contribution < -0.4 is 25.5 Å². The van der Waals surface area contributed by atoms with Crippen molar-refractivity contribution in [1.29, 1.82) is 0 Å². The molecule has 1 heterocycles. The fourth-order valence-corrected chi connectivity index (χ4v) is 4.37. The van der Waals surface area contributed by atoms with Crippen LogP contribution in [0.4, 0.5) is 16.2 Å². The van der Waals surface area contributed by atoms with Gasteiger partial charge in [0.2, 0.25) is 5.43 Å². The number of urea groups is 1. The number of rotatable bonds is 9. The monoisotopic (exact) mass is 537 g/mol. The minimum Gasteiger partial charge on any atom is -0.490 e. The Bertz CT molecular complexity index is 1710.